The van der Waals surface area contributed by atoms with Gasteiger partial charge in [0.1, 0.15) is 0 Å². The standard InChI is InChI=1S/C17H21F3O2/c1-11-4-7-14(16(11,2)3)10-22-15(21)12-5-8-13(9-6-12)17(18,19)20/h5-6,8-9,11,14H,4,7,10H2,1-3H3/t11-,14+/m0/s1. The summed E-state index contributed by atoms with van der Waals surface area (Å²) >= 11 is 0. The van der Waals surface area contributed by atoms with Crippen molar-refractivity contribution in [3.8, 4) is 0 Å². The van der Waals surface area contributed by atoms with Crippen LogP contribution in [0.4, 0.5) is 13.2 Å². The van der Waals surface area contributed by atoms with Gasteiger partial charge in [0.25, 0.3) is 0 Å². The van der Waals surface area contributed by atoms with Gasteiger partial charge in [0.2, 0.25) is 0 Å². The second-order valence-electron chi connectivity index (χ2n) is 6.67. The molecule has 1 aliphatic carbocycles. The van der Waals surface area contributed by atoms with Crippen molar-refractivity contribution in [2.45, 2.75) is 39.8 Å². The van der Waals surface area contributed by atoms with Crippen molar-refractivity contribution >= 4 is 5.97 Å². The van der Waals surface area contributed by atoms with Crippen LogP contribution < -0.4 is 0 Å². The van der Waals surface area contributed by atoms with Crippen molar-refractivity contribution in [2.75, 3.05) is 6.61 Å². The summed E-state index contributed by atoms with van der Waals surface area (Å²) < 4.78 is 42.7. The lowest BCUT2D eigenvalue weighted by Crippen LogP contribution is -2.27. The van der Waals surface area contributed by atoms with Gasteiger partial charge in [-0.1, -0.05) is 20.8 Å². The van der Waals surface area contributed by atoms with Crippen LogP contribution in [0.5, 0.6) is 0 Å². The zero-order valence-corrected chi connectivity index (χ0v) is 13.0. The topological polar surface area (TPSA) is 26.3 Å². The van der Waals surface area contributed by atoms with Crippen LogP contribution in [0, 0.1) is 17.3 Å². The molecule has 0 aliphatic heterocycles. The largest absolute Gasteiger partial charge is 0.462 e. The number of carbonyl (C=O) groups excluding carboxylic acids is 1. The molecule has 0 aromatic heterocycles. The molecule has 5 heteroatoms. The van der Waals surface area contributed by atoms with Gasteiger partial charge in [0, 0.05) is 0 Å². The highest BCUT2D eigenvalue weighted by Gasteiger charge is 2.41. The van der Waals surface area contributed by atoms with Gasteiger partial charge in [-0.2, -0.15) is 13.2 Å². The van der Waals surface area contributed by atoms with Crippen LogP contribution in [0.2, 0.25) is 0 Å². The van der Waals surface area contributed by atoms with Gasteiger partial charge in [0.05, 0.1) is 17.7 Å². The average Bonchev–Trinajstić information content (AvgIpc) is 2.70. The lowest BCUT2D eigenvalue weighted by molar-refractivity contribution is -0.137. The van der Waals surface area contributed by atoms with E-state index in [1.54, 1.807) is 0 Å². The molecule has 1 saturated carbocycles. The van der Waals surface area contributed by atoms with Gasteiger partial charge < -0.3 is 4.74 Å². The van der Waals surface area contributed by atoms with E-state index in [4.69, 9.17) is 4.74 Å². The van der Waals surface area contributed by atoms with Crippen LogP contribution in [0.15, 0.2) is 24.3 Å². The maximum absolute atomic E-state index is 12.5. The number of carbonyl (C=O) groups is 1. The van der Waals surface area contributed by atoms with E-state index in [1.807, 2.05) is 0 Å². The van der Waals surface area contributed by atoms with Gasteiger partial charge in [-0.05, 0) is 54.4 Å². The summed E-state index contributed by atoms with van der Waals surface area (Å²) in [7, 11) is 0. The minimum absolute atomic E-state index is 0.112. The Labute approximate surface area is 128 Å². The van der Waals surface area contributed by atoms with Crippen molar-refractivity contribution < 1.29 is 22.7 Å². The summed E-state index contributed by atoms with van der Waals surface area (Å²) in [4.78, 5) is 12.0. The lowest BCUT2D eigenvalue weighted by atomic mass is 9.77. The van der Waals surface area contributed by atoms with Crippen molar-refractivity contribution in [3.63, 3.8) is 0 Å². The van der Waals surface area contributed by atoms with E-state index in [2.05, 4.69) is 20.8 Å². The molecular weight excluding hydrogens is 293 g/mol. The van der Waals surface area contributed by atoms with E-state index in [1.165, 1.54) is 0 Å². The SMILES string of the molecule is C[C@H]1CC[C@H](COC(=O)c2ccc(C(F)(F)F)cc2)C1(C)C. The van der Waals surface area contributed by atoms with Crippen molar-refractivity contribution in [1.29, 1.82) is 0 Å². The summed E-state index contributed by atoms with van der Waals surface area (Å²) in [6, 6.07) is 4.12. The quantitative estimate of drug-likeness (QED) is 0.739. The molecular formula is C17H21F3O2. The molecule has 0 unspecified atom stereocenters. The molecule has 22 heavy (non-hydrogen) atoms. The number of ether oxygens (including phenoxy) is 1. The molecule has 0 spiro atoms. The molecule has 0 bridgehead atoms. The Hall–Kier alpha value is -1.52. The Kier molecular flexibility index (Phi) is 4.54. The monoisotopic (exact) mass is 314 g/mol. The molecule has 2 nitrogen and oxygen atoms in total. The van der Waals surface area contributed by atoms with Gasteiger partial charge in [0.15, 0.2) is 0 Å². The van der Waals surface area contributed by atoms with Crippen LogP contribution in [-0.2, 0) is 10.9 Å². The molecule has 0 saturated heterocycles. The van der Waals surface area contributed by atoms with Gasteiger partial charge in [-0.3, -0.25) is 0 Å². The van der Waals surface area contributed by atoms with Gasteiger partial charge in [-0.15, -0.1) is 0 Å². The summed E-state index contributed by atoms with van der Waals surface area (Å²) in [5, 5.41) is 0. The molecule has 1 aromatic rings. The first-order chi connectivity index (χ1) is 10.1. The Balaban J connectivity index is 1.96. The van der Waals surface area contributed by atoms with Crippen molar-refractivity contribution in [3.05, 3.63) is 35.4 Å². The van der Waals surface area contributed by atoms with Crippen LogP contribution in [0.3, 0.4) is 0 Å². The highest BCUT2D eigenvalue weighted by molar-refractivity contribution is 5.89. The molecule has 1 aliphatic rings. The Bertz CT molecular complexity index is 532. The number of alkyl halides is 3. The highest BCUT2D eigenvalue weighted by Crippen LogP contribution is 2.47. The Morgan fingerprint density at radius 3 is 2.27 bits per heavy atom. The average molecular weight is 314 g/mol. The Morgan fingerprint density at radius 2 is 1.82 bits per heavy atom. The van der Waals surface area contributed by atoms with Gasteiger partial charge >= 0.3 is 12.1 Å². The number of hydrogen-bond acceptors (Lipinski definition) is 2. The van der Waals surface area contributed by atoms with Crippen molar-refractivity contribution in [2.24, 2.45) is 17.3 Å². The third-order valence-corrected chi connectivity index (χ3v) is 5.13. The first-order valence-corrected chi connectivity index (χ1v) is 7.46. The summed E-state index contributed by atoms with van der Waals surface area (Å²) in [6.45, 7) is 6.84. The van der Waals surface area contributed by atoms with Crippen LogP contribution >= 0.6 is 0 Å². The number of benzene rings is 1. The van der Waals surface area contributed by atoms with E-state index in [0.717, 1.165) is 37.1 Å². The third-order valence-electron chi connectivity index (χ3n) is 5.13. The minimum Gasteiger partial charge on any atom is -0.462 e. The second kappa shape index (κ2) is 5.94. The highest BCUT2D eigenvalue weighted by atomic mass is 19.4. The summed E-state index contributed by atoms with van der Waals surface area (Å²) in [6.07, 6.45) is -2.28. The molecule has 122 valence electrons. The molecule has 1 aromatic carbocycles. The molecule has 0 radical (unpaired) electrons. The first kappa shape index (κ1) is 16.8. The van der Waals surface area contributed by atoms with Crippen LogP contribution in [0.25, 0.3) is 0 Å². The minimum atomic E-state index is -4.40. The second-order valence-corrected chi connectivity index (χ2v) is 6.67. The molecule has 2 atom stereocenters. The molecule has 1 fully saturated rings. The molecule has 0 N–H and O–H groups in total. The Morgan fingerprint density at radius 1 is 1.23 bits per heavy atom. The first-order valence-electron chi connectivity index (χ1n) is 7.46. The summed E-state index contributed by atoms with van der Waals surface area (Å²) in [5.74, 6) is 0.298. The zero-order chi connectivity index (χ0) is 16.5. The fourth-order valence-corrected chi connectivity index (χ4v) is 2.95. The van der Waals surface area contributed by atoms with Crippen molar-refractivity contribution in [1.82, 2.24) is 0 Å². The summed E-state index contributed by atoms with van der Waals surface area (Å²) in [5.41, 5.74) is -0.507. The fraction of sp³-hybridized carbons (Fsp3) is 0.588. The molecule has 0 heterocycles. The predicted octanol–water partition coefficient (Wildman–Crippen LogP) is 4.93. The van der Waals surface area contributed by atoms with E-state index < -0.39 is 17.7 Å². The number of esters is 1. The normalized spacial score (nSPS) is 24.3. The number of halogens is 3. The van der Waals surface area contributed by atoms with E-state index in [9.17, 15) is 18.0 Å². The number of hydrogen-bond donors (Lipinski definition) is 0. The predicted molar refractivity (Wildman–Crippen MR) is 77.4 cm³/mol. The van der Waals surface area contributed by atoms with Crippen LogP contribution in [0.1, 0.15) is 49.5 Å². The third kappa shape index (κ3) is 3.45. The van der Waals surface area contributed by atoms with Crippen LogP contribution in [-0.4, -0.2) is 12.6 Å². The molecule has 0 amide bonds. The smallest absolute Gasteiger partial charge is 0.416 e. The van der Waals surface area contributed by atoms with E-state index in [-0.39, 0.29) is 11.0 Å². The lowest BCUT2D eigenvalue weighted by Gasteiger charge is -2.30. The maximum atomic E-state index is 12.5. The van der Waals surface area contributed by atoms with E-state index in [0.29, 0.717) is 18.4 Å². The number of rotatable bonds is 3. The fourth-order valence-electron chi connectivity index (χ4n) is 2.95. The maximum Gasteiger partial charge on any atom is 0.416 e. The molecule has 2 rings (SSSR count). The zero-order valence-electron chi connectivity index (χ0n) is 13.0. The van der Waals surface area contributed by atoms with Gasteiger partial charge in [-0.25, -0.2) is 4.79 Å². The van der Waals surface area contributed by atoms with E-state index >= 15 is 0 Å².